The third kappa shape index (κ3) is 1.86. The Bertz CT molecular complexity index is 477. The second-order valence-corrected chi connectivity index (χ2v) is 3.44. The molecule has 0 radical (unpaired) electrons. The number of aryl methyl sites for hydroxylation is 1. The summed E-state index contributed by atoms with van der Waals surface area (Å²) >= 11 is 0. The van der Waals surface area contributed by atoms with Gasteiger partial charge in [-0.3, -0.25) is 0 Å². The van der Waals surface area contributed by atoms with Crippen molar-refractivity contribution in [3.8, 4) is 11.3 Å². The van der Waals surface area contributed by atoms with Gasteiger partial charge in [-0.25, -0.2) is 14.4 Å². The molecule has 0 amide bonds. The van der Waals surface area contributed by atoms with Gasteiger partial charge in [-0.15, -0.1) is 0 Å². The highest BCUT2D eigenvalue weighted by Crippen LogP contribution is 2.21. The predicted molar refractivity (Wildman–Crippen MR) is 56.9 cm³/mol. The Hall–Kier alpha value is -1.77. The number of hydrogen-bond acceptors (Lipinski definition) is 2. The molecule has 0 spiro atoms. The number of rotatable bonds is 1. The standard InChI is InChI=1S/C12H11FN2/c1-8-9(2)14-7-15-12(8)10-3-5-11(13)6-4-10/h3-7H,1-2H3. The van der Waals surface area contributed by atoms with Crippen LogP contribution in [0.2, 0.25) is 0 Å². The number of hydrogen-bond donors (Lipinski definition) is 0. The van der Waals surface area contributed by atoms with Crippen molar-refractivity contribution in [2.45, 2.75) is 13.8 Å². The van der Waals surface area contributed by atoms with E-state index in [0.29, 0.717) is 0 Å². The molecule has 2 nitrogen and oxygen atoms in total. The highest BCUT2D eigenvalue weighted by molar-refractivity contribution is 5.62. The van der Waals surface area contributed by atoms with Crippen molar-refractivity contribution >= 4 is 0 Å². The van der Waals surface area contributed by atoms with Crippen LogP contribution >= 0.6 is 0 Å². The van der Waals surface area contributed by atoms with Crippen molar-refractivity contribution in [3.05, 3.63) is 47.7 Å². The molecule has 1 aromatic carbocycles. The van der Waals surface area contributed by atoms with Gasteiger partial charge in [-0.1, -0.05) is 0 Å². The molecule has 0 atom stereocenters. The van der Waals surface area contributed by atoms with E-state index < -0.39 is 0 Å². The van der Waals surface area contributed by atoms with Crippen LogP contribution in [0.25, 0.3) is 11.3 Å². The lowest BCUT2D eigenvalue weighted by Gasteiger charge is -2.06. The smallest absolute Gasteiger partial charge is 0.123 e. The first-order chi connectivity index (χ1) is 7.18. The lowest BCUT2D eigenvalue weighted by Crippen LogP contribution is -1.94. The predicted octanol–water partition coefficient (Wildman–Crippen LogP) is 2.90. The van der Waals surface area contributed by atoms with E-state index in [4.69, 9.17) is 0 Å². The zero-order valence-corrected chi connectivity index (χ0v) is 8.66. The molecular weight excluding hydrogens is 191 g/mol. The van der Waals surface area contributed by atoms with Gasteiger partial charge in [0.15, 0.2) is 0 Å². The molecule has 0 unspecified atom stereocenters. The molecule has 3 heteroatoms. The van der Waals surface area contributed by atoms with E-state index in [1.54, 1.807) is 12.1 Å². The number of benzene rings is 1. The Morgan fingerprint density at radius 2 is 1.67 bits per heavy atom. The second kappa shape index (κ2) is 3.77. The molecule has 0 bridgehead atoms. The summed E-state index contributed by atoms with van der Waals surface area (Å²) in [6.45, 7) is 3.90. The van der Waals surface area contributed by atoms with Crippen LogP contribution in [0.15, 0.2) is 30.6 Å². The first kappa shape index (κ1) is 9.77. The van der Waals surface area contributed by atoms with Crippen LogP contribution in [0.4, 0.5) is 4.39 Å². The highest BCUT2D eigenvalue weighted by atomic mass is 19.1. The normalized spacial score (nSPS) is 10.3. The van der Waals surface area contributed by atoms with Gasteiger partial charge in [0.25, 0.3) is 0 Å². The zero-order chi connectivity index (χ0) is 10.8. The molecule has 2 aromatic rings. The Morgan fingerprint density at radius 3 is 2.33 bits per heavy atom. The second-order valence-electron chi connectivity index (χ2n) is 3.44. The summed E-state index contributed by atoms with van der Waals surface area (Å²) in [7, 11) is 0. The Kier molecular flexibility index (Phi) is 2.46. The number of nitrogens with zero attached hydrogens (tertiary/aromatic N) is 2. The SMILES string of the molecule is Cc1ncnc(-c2ccc(F)cc2)c1C. The average Bonchev–Trinajstić information content (AvgIpc) is 2.24. The van der Waals surface area contributed by atoms with E-state index in [9.17, 15) is 4.39 Å². The topological polar surface area (TPSA) is 25.8 Å². The fraction of sp³-hybridized carbons (Fsp3) is 0.167. The van der Waals surface area contributed by atoms with Crippen LogP contribution < -0.4 is 0 Å². The molecule has 0 aliphatic carbocycles. The van der Waals surface area contributed by atoms with Gasteiger partial charge < -0.3 is 0 Å². The lowest BCUT2D eigenvalue weighted by molar-refractivity contribution is 0.628. The van der Waals surface area contributed by atoms with E-state index >= 15 is 0 Å². The van der Waals surface area contributed by atoms with Crippen LogP contribution in [-0.2, 0) is 0 Å². The average molecular weight is 202 g/mol. The Balaban J connectivity index is 2.54. The summed E-state index contributed by atoms with van der Waals surface area (Å²) in [5.41, 5.74) is 3.76. The van der Waals surface area contributed by atoms with Gasteiger partial charge >= 0.3 is 0 Å². The fourth-order valence-electron chi connectivity index (χ4n) is 1.44. The Labute approximate surface area is 87.8 Å². The number of aromatic nitrogens is 2. The molecule has 0 aliphatic rings. The van der Waals surface area contributed by atoms with Crippen LogP contribution in [0.1, 0.15) is 11.3 Å². The molecule has 0 saturated carbocycles. The van der Waals surface area contributed by atoms with Crippen molar-refractivity contribution in [3.63, 3.8) is 0 Å². The van der Waals surface area contributed by atoms with E-state index in [-0.39, 0.29) is 5.82 Å². The maximum Gasteiger partial charge on any atom is 0.123 e. The molecule has 15 heavy (non-hydrogen) atoms. The molecule has 0 fully saturated rings. The van der Waals surface area contributed by atoms with E-state index in [1.807, 2.05) is 13.8 Å². The summed E-state index contributed by atoms with van der Waals surface area (Å²) in [6.07, 6.45) is 1.53. The largest absolute Gasteiger partial charge is 0.241 e. The van der Waals surface area contributed by atoms with Crippen molar-refractivity contribution in [1.29, 1.82) is 0 Å². The third-order valence-corrected chi connectivity index (χ3v) is 2.45. The third-order valence-electron chi connectivity index (χ3n) is 2.45. The summed E-state index contributed by atoms with van der Waals surface area (Å²) in [5.74, 6) is -0.234. The van der Waals surface area contributed by atoms with Crippen LogP contribution in [0.5, 0.6) is 0 Å². The minimum absolute atomic E-state index is 0.234. The Morgan fingerprint density at radius 1 is 1.00 bits per heavy atom. The highest BCUT2D eigenvalue weighted by Gasteiger charge is 2.05. The summed E-state index contributed by atoms with van der Waals surface area (Å²) < 4.78 is 12.7. The van der Waals surface area contributed by atoms with Crippen molar-refractivity contribution in [2.24, 2.45) is 0 Å². The van der Waals surface area contributed by atoms with Crippen LogP contribution in [-0.4, -0.2) is 9.97 Å². The molecule has 0 aliphatic heterocycles. The number of halogens is 1. The lowest BCUT2D eigenvalue weighted by atomic mass is 10.1. The fourth-order valence-corrected chi connectivity index (χ4v) is 1.44. The van der Waals surface area contributed by atoms with E-state index in [2.05, 4.69) is 9.97 Å². The summed E-state index contributed by atoms with van der Waals surface area (Å²) in [5, 5.41) is 0. The van der Waals surface area contributed by atoms with Gasteiger partial charge in [0.2, 0.25) is 0 Å². The monoisotopic (exact) mass is 202 g/mol. The molecule has 1 aromatic heterocycles. The van der Waals surface area contributed by atoms with Crippen LogP contribution in [0.3, 0.4) is 0 Å². The molecule has 0 saturated heterocycles. The first-order valence-electron chi connectivity index (χ1n) is 4.72. The van der Waals surface area contributed by atoms with Gasteiger partial charge in [0, 0.05) is 11.3 Å². The van der Waals surface area contributed by atoms with Crippen molar-refractivity contribution < 1.29 is 4.39 Å². The molecule has 2 rings (SSSR count). The van der Waals surface area contributed by atoms with Gasteiger partial charge in [0.1, 0.15) is 12.1 Å². The minimum atomic E-state index is -0.234. The van der Waals surface area contributed by atoms with Gasteiger partial charge in [-0.2, -0.15) is 0 Å². The van der Waals surface area contributed by atoms with Crippen LogP contribution in [0, 0.1) is 19.7 Å². The van der Waals surface area contributed by atoms with E-state index in [0.717, 1.165) is 22.5 Å². The van der Waals surface area contributed by atoms with Crippen molar-refractivity contribution in [2.75, 3.05) is 0 Å². The zero-order valence-electron chi connectivity index (χ0n) is 8.66. The van der Waals surface area contributed by atoms with Crippen molar-refractivity contribution in [1.82, 2.24) is 9.97 Å². The molecule has 76 valence electrons. The molecule has 1 heterocycles. The molecular formula is C12H11FN2. The summed E-state index contributed by atoms with van der Waals surface area (Å²) in [4.78, 5) is 8.30. The molecule has 0 N–H and O–H groups in total. The summed E-state index contributed by atoms with van der Waals surface area (Å²) in [6, 6.07) is 6.33. The van der Waals surface area contributed by atoms with E-state index in [1.165, 1.54) is 18.5 Å². The van der Waals surface area contributed by atoms with Gasteiger partial charge in [0.05, 0.1) is 5.69 Å². The minimum Gasteiger partial charge on any atom is -0.241 e. The maximum absolute atomic E-state index is 12.7. The quantitative estimate of drug-likeness (QED) is 0.710. The first-order valence-corrected chi connectivity index (χ1v) is 4.72. The van der Waals surface area contributed by atoms with Gasteiger partial charge in [-0.05, 0) is 43.7 Å². The maximum atomic E-state index is 12.7.